The molecule has 146 valence electrons. The van der Waals surface area contributed by atoms with Crippen molar-refractivity contribution >= 4 is 26.7 Å². The lowest BCUT2D eigenvalue weighted by atomic mass is 10.0. The Bertz CT molecular complexity index is 1030. The normalized spacial score (nSPS) is 21.3. The summed E-state index contributed by atoms with van der Waals surface area (Å²) in [4.78, 5) is 23.9. The summed E-state index contributed by atoms with van der Waals surface area (Å²) in [7, 11) is -3.10. The summed E-state index contributed by atoms with van der Waals surface area (Å²) in [6.45, 7) is 3.50. The zero-order valence-electron chi connectivity index (χ0n) is 15.4. The molecule has 1 aromatic heterocycles. The molecule has 1 aliphatic rings. The van der Waals surface area contributed by atoms with Crippen LogP contribution in [0.1, 0.15) is 32.3 Å². The molecule has 1 aliphatic heterocycles. The second-order valence-corrected chi connectivity index (χ2v) is 9.42. The van der Waals surface area contributed by atoms with Gasteiger partial charge in [0.15, 0.2) is 16.4 Å². The number of nitrogens with one attached hydrogen (secondary N) is 1. The summed E-state index contributed by atoms with van der Waals surface area (Å²) >= 11 is 0. The SMILES string of the molecule is CCCc1cc(=O)oc2cc(OCC(=O)N[C@@]3(C)CCS(=O)(=O)C3)ccc12. The first kappa shape index (κ1) is 19.4. The maximum atomic E-state index is 12.1. The molecule has 1 atom stereocenters. The van der Waals surface area contributed by atoms with E-state index in [0.29, 0.717) is 17.8 Å². The van der Waals surface area contributed by atoms with Crippen molar-refractivity contribution in [2.75, 3.05) is 18.1 Å². The molecule has 2 heterocycles. The van der Waals surface area contributed by atoms with Crippen molar-refractivity contribution in [3.8, 4) is 5.75 Å². The van der Waals surface area contributed by atoms with Gasteiger partial charge in [-0.2, -0.15) is 0 Å². The van der Waals surface area contributed by atoms with E-state index in [9.17, 15) is 18.0 Å². The summed E-state index contributed by atoms with van der Waals surface area (Å²) in [6.07, 6.45) is 2.07. The molecule has 0 radical (unpaired) electrons. The molecule has 7 nitrogen and oxygen atoms in total. The molecule has 27 heavy (non-hydrogen) atoms. The molecule has 3 rings (SSSR count). The third-order valence-corrected chi connectivity index (χ3v) is 6.54. The van der Waals surface area contributed by atoms with Gasteiger partial charge in [-0.15, -0.1) is 0 Å². The molecule has 2 aromatic rings. The summed E-state index contributed by atoms with van der Waals surface area (Å²) in [5.74, 6) is 0.0242. The van der Waals surface area contributed by atoms with E-state index in [4.69, 9.17) is 9.15 Å². The average molecular weight is 393 g/mol. The van der Waals surface area contributed by atoms with Crippen molar-refractivity contribution in [3.05, 3.63) is 40.2 Å². The number of hydrogen-bond acceptors (Lipinski definition) is 6. The van der Waals surface area contributed by atoms with Gasteiger partial charge in [0.2, 0.25) is 0 Å². The number of rotatable bonds is 6. The van der Waals surface area contributed by atoms with E-state index in [2.05, 4.69) is 5.32 Å². The van der Waals surface area contributed by atoms with Crippen LogP contribution in [-0.4, -0.2) is 38.0 Å². The zero-order valence-corrected chi connectivity index (χ0v) is 16.2. The monoisotopic (exact) mass is 393 g/mol. The maximum Gasteiger partial charge on any atom is 0.336 e. The van der Waals surface area contributed by atoms with Gasteiger partial charge < -0.3 is 14.5 Å². The van der Waals surface area contributed by atoms with Crippen LogP contribution in [0, 0.1) is 0 Å². The van der Waals surface area contributed by atoms with E-state index in [1.54, 1.807) is 25.1 Å². The predicted molar refractivity (Wildman–Crippen MR) is 102 cm³/mol. The first-order chi connectivity index (χ1) is 12.7. The molecule has 1 N–H and O–H groups in total. The molecular weight excluding hydrogens is 370 g/mol. The van der Waals surface area contributed by atoms with Crippen LogP contribution in [0.3, 0.4) is 0 Å². The molecule has 0 spiro atoms. The van der Waals surface area contributed by atoms with Crippen LogP contribution in [-0.2, 0) is 21.1 Å². The van der Waals surface area contributed by atoms with Crippen molar-refractivity contribution in [2.45, 2.75) is 38.6 Å². The number of hydrogen-bond donors (Lipinski definition) is 1. The molecular formula is C19H23NO6S. The molecule has 1 amide bonds. The van der Waals surface area contributed by atoms with Gasteiger partial charge in [-0.25, -0.2) is 13.2 Å². The number of fused-ring (bicyclic) bond motifs is 1. The molecule has 1 aromatic carbocycles. The molecule has 0 bridgehead atoms. The number of amides is 1. The Morgan fingerprint density at radius 3 is 2.78 bits per heavy atom. The average Bonchev–Trinajstić information content (AvgIpc) is 2.85. The standard InChI is InChI=1S/C19H23NO6S/c1-3-4-13-9-18(22)26-16-10-14(5-6-15(13)16)25-11-17(21)20-19(2)7-8-27(23,24)12-19/h5-6,9-10H,3-4,7-8,11-12H2,1-2H3,(H,20,21)/t19-/m0/s1. The minimum atomic E-state index is -3.10. The van der Waals surface area contributed by atoms with Crippen molar-refractivity contribution in [2.24, 2.45) is 0 Å². The highest BCUT2D eigenvalue weighted by molar-refractivity contribution is 7.91. The Morgan fingerprint density at radius 1 is 1.33 bits per heavy atom. The van der Waals surface area contributed by atoms with Crippen molar-refractivity contribution in [3.63, 3.8) is 0 Å². The van der Waals surface area contributed by atoms with E-state index in [0.717, 1.165) is 23.8 Å². The fourth-order valence-electron chi connectivity index (χ4n) is 3.41. The minimum Gasteiger partial charge on any atom is -0.484 e. The lowest BCUT2D eigenvalue weighted by Crippen LogP contribution is -2.48. The number of benzene rings is 1. The molecule has 8 heteroatoms. The predicted octanol–water partition coefficient (Wildman–Crippen LogP) is 1.82. The fourth-order valence-corrected chi connectivity index (χ4v) is 5.50. The second-order valence-electron chi connectivity index (χ2n) is 7.24. The Labute approximate surface area is 157 Å². The lowest BCUT2D eigenvalue weighted by molar-refractivity contribution is -0.124. The van der Waals surface area contributed by atoms with Crippen LogP contribution < -0.4 is 15.7 Å². The summed E-state index contributed by atoms with van der Waals surface area (Å²) < 4.78 is 34.0. The Hall–Kier alpha value is -2.35. The summed E-state index contributed by atoms with van der Waals surface area (Å²) in [6, 6.07) is 6.61. The van der Waals surface area contributed by atoms with E-state index >= 15 is 0 Å². The number of carbonyl (C=O) groups is 1. The molecule has 0 aliphatic carbocycles. The largest absolute Gasteiger partial charge is 0.484 e. The van der Waals surface area contributed by atoms with Crippen molar-refractivity contribution in [1.29, 1.82) is 0 Å². The van der Waals surface area contributed by atoms with Gasteiger partial charge in [-0.3, -0.25) is 4.79 Å². The third kappa shape index (κ3) is 4.68. The van der Waals surface area contributed by atoms with Gasteiger partial charge in [0.05, 0.1) is 17.0 Å². The van der Waals surface area contributed by atoms with Gasteiger partial charge in [-0.1, -0.05) is 13.3 Å². The molecule has 1 fully saturated rings. The molecule has 0 saturated carbocycles. The Morgan fingerprint density at radius 2 is 2.11 bits per heavy atom. The molecule has 0 unspecified atom stereocenters. The van der Waals surface area contributed by atoms with Gasteiger partial charge in [-0.05, 0) is 37.5 Å². The lowest BCUT2D eigenvalue weighted by Gasteiger charge is -2.23. The van der Waals surface area contributed by atoms with E-state index in [1.807, 2.05) is 6.92 Å². The first-order valence-electron chi connectivity index (χ1n) is 8.91. The quantitative estimate of drug-likeness (QED) is 0.751. The summed E-state index contributed by atoms with van der Waals surface area (Å²) in [5, 5.41) is 3.58. The third-order valence-electron chi connectivity index (χ3n) is 4.64. The second kappa shape index (κ2) is 7.34. The van der Waals surface area contributed by atoms with E-state index < -0.39 is 26.9 Å². The van der Waals surface area contributed by atoms with Crippen LogP contribution in [0.25, 0.3) is 11.0 Å². The van der Waals surface area contributed by atoms with E-state index in [-0.39, 0.29) is 18.1 Å². The van der Waals surface area contributed by atoms with Gasteiger partial charge in [0, 0.05) is 17.5 Å². The molecule has 1 saturated heterocycles. The topological polar surface area (TPSA) is 103 Å². The fraction of sp³-hybridized carbons (Fsp3) is 0.474. The highest BCUT2D eigenvalue weighted by Crippen LogP contribution is 2.24. The van der Waals surface area contributed by atoms with Crippen LogP contribution >= 0.6 is 0 Å². The van der Waals surface area contributed by atoms with Crippen LogP contribution in [0.5, 0.6) is 5.75 Å². The van der Waals surface area contributed by atoms with E-state index in [1.165, 1.54) is 6.07 Å². The van der Waals surface area contributed by atoms with Crippen molar-refractivity contribution < 1.29 is 22.4 Å². The highest BCUT2D eigenvalue weighted by atomic mass is 32.2. The minimum absolute atomic E-state index is 0.0624. The number of sulfone groups is 1. The maximum absolute atomic E-state index is 12.1. The smallest absolute Gasteiger partial charge is 0.336 e. The Balaban J connectivity index is 1.68. The number of ether oxygens (including phenoxy) is 1. The van der Waals surface area contributed by atoms with Crippen LogP contribution in [0.2, 0.25) is 0 Å². The Kier molecular flexibility index (Phi) is 5.28. The van der Waals surface area contributed by atoms with Crippen LogP contribution in [0.15, 0.2) is 33.5 Å². The number of aryl methyl sites for hydroxylation is 1. The highest BCUT2D eigenvalue weighted by Gasteiger charge is 2.39. The van der Waals surface area contributed by atoms with Gasteiger partial charge in [0.25, 0.3) is 5.91 Å². The summed E-state index contributed by atoms with van der Waals surface area (Å²) in [5.41, 5.74) is 0.155. The number of carbonyl (C=O) groups excluding carboxylic acids is 1. The van der Waals surface area contributed by atoms with Gasteiger partial charge >= 0.3 is 5.63 Å². The zero-order chi connectivity index (χ0) is 19.7. The van der Waals surface area contributed by atoms with Crippen molar-refractivity contribution in [1.82, 2.24) is 5.32 Å². The van der Waals surface area contributed by atoms with Crippen LogP contribution in [0.4, 0.5) is 0 Å². The van der Waals surface area contributed by atoms with Gasteiger partial charge in [0.1, 0.15) is 11.3 Å². The first-order valence-corrected chi connectivity index (χ1v) is 10.7.